The van der Waals surface area contributed by atoms with Gasteiger partial charge in [0, 0.05) is 19.0 Å². The molecule has 4 nitrogen and oxygen atoms in total. The normalized spacial score (nSPS) is 21.1. The van der Waals surface area contributed by atoms with E-state index in [-0.39, 0.29) is 5.97 Å². The van der Waals surface area contributed by atoms with E-state index in [0.717, 1.165) is 25.4 Å². The van der Waals surface area contributed by atoms with Crippen LogP contribution in [0.25, 0.3) is 0 Å². The van der Waals surface area contributed by atoms with Gasteiger partial charge in [-0.25, -0.2) is 0 Å². The summed E-state index contributed by atoms with van der Waals surface area (Å²) in [5, 5.41) is 3.43. The number of hydrogen-bond donors (Lipinski definition) is 1. The number of nitrogens with one attached hydrogen (secondary N) is 1. The van der Waals surface area contributed by atoms with Crippen LogP contribution in [0.4, 0.5) is 0 Å². The van der Waals surface area contributed by atoms with Crippen molar-refractivity contribution in [3.8, 4) is 0 Å². The van der Waals surface area contributed by atoms with Gasteiger partial charge < -0.3 is 15.0 Å². The Labute approximate surface area is 105 Å². The maximum Gasteiger partial charge on any atom is 0.305 e. The number of hydrogen-bond acceptors (Lipinski definition) is 4. The lowest BCUT2D eigenvalue weighted by Crippen LogP contribution is -2.31. The van der Waals surface area contributed by atoms with E-state index in [2.05, 4.69) is 28.8 Å². The van der Waals surface area contributed by atoms with Gasteiger partial charge in [0.05, 0.1) is 7.11 Å². The molecule has 0 saturated carbocycles. The first-order valence-corrected chi connectivity index (χ1v) is 6.65. The van der Waals surface area contributed by atoms with E-state index in [1.165, 1.54) is 26.6 Å². The molecule has 100 valence electrons. The Morgan fingerprint density at radius 1 is 1.53 bits per heavy atom. The van der Waals surface area contributed by atoms with Crippen molar-refractivity contribution >= 4 is 5.97 Å². The topological polar surface area (TPSA) is 41.6 Å². The highest BCUT2D eigenvalue weighted by atomic mass is 16.5. The minimum atomic E-state index is -0.112. The first-order chi connectivity index (χ1) is 8.13. The Kier molecular flexibility index (Phi) is 6.52. The summed E-state index contributed by atoms with van der Waals surface area (Å²) < 4.78 is 4.60. The number of likely N-dealkylation sites (tertiary alicyclic amines) is 1. The molecule has 1 fully saturated rings. The SMILES string of the molecule is COC(=O)CCCNCC1CCN(C(C)C)C1. The van der Waals surface area contributed by atoms with Crippen molar-refractivity contribution in [1.29, 1.82) is 0 Å². The average molecular weight is 242 g/mol. The van der Waals surface area contributed by atoms with Gasteiger partial charge in [0.25, 0.3) is 0 Å². The fourth-order valence-corrected chi connectivity index (χ4v) is 2.26. The molecule has 0 aromatic heterocycles. The van der Waals surface area contributed by atoms with Crippen molar-refractivity contribution < 1.29 is 9.53 Å². The predicted molar refractivity (Wildman–Crippen MR) is 68.9 cm³/mol. The summed E-state index contributed by atoms with van der Waals surface area (Å²) in [6.07, 6.45) is 2.68. The molecule has 1 atom stereocenters. The molecule has 17 heavy (non-hydrogen) atoms. The second-order valence-electron chi connectivity index (χ2n) is 5.13. The third kappa shape index (κ3) is 5.50. The molecule has 1 N–H and O–H groups in total. The van der Waals surface area contributed by atoms with Crippen LogP contribution in [0.5, 0.6) is 0 Å². The van der Waals surface area contributed by atoms with E-state index in [1.807, 2.05) is 0 Å². The molecule has 0 amide bonds. The predicted octanol–water partition coefficient (Wildman–Crippen LogP) is 1.26. The van der Waals surface area contributed by atoms with Gasteiger partial charge >= 0.3 is 5.97 Å². The molecule has 1 aliphatic heterocycles. The number of carbonyl (C=O) groups excluding carboxylic acids is 1. The van der Waals surface area contributed by atoms with E-state index in [1.54, 1.807) is 0 Å². The highest BCUT2D eigenvalue weighted by Gasteiger charge is 2.23. The number of nitrogens with zero attached hydrogens (tertiary/aromatic N) is 1. The van der Waals surface area contributed by atoms with Crippen LogP contribution in [-0.2, 0) is 9.53 Å². The van der Waals surface area contributed by atoms with Gasteiger partial charge in [-0.3, -0.25) is 4.79 Å². The zero-order chi connectivity index (χ0) is 12.7. The zero-order valence-electron chi connectivity index (χ0n) is 11.4. The minimum absolute atomic E-state index is 0.112. The summed E-state index contributed by atoms with van der Waals surface area (Å²) in [6, 6.07) is 0.666. The summed E-state index contributed by atoms with van der Waals surface area (Å²) in [5.41, 5.74) is 0. The Balaban J connectivity index is 1.99. The molecule has 0 bridgehead atoms. The quantitative estimate of drug-likeness (QED) is 0.539. The Bertz CT molecular complexity index is 231. The molecule has 1 unspecified atom stereocenters. The van der Waals surface area contributed by atoms with E-state index in [0.29, 0.717) is 12.5 Å². The van der Waals surface area contributed by atoms with E-state index in [4.69, 9.17) is 0 Å². The number of esters is 1. The second-order valence-corrected chi connectivity index (χ2v) is 5.13. The van der Waals surface area contributed by atoms with Crippen LogP contribution < -0.4 is 5.32 Å². The smallest absolute Gasteiger partial charge is 0.305 e. The minimum Gasteiger partial charge on any atom is -0.469 e. The lowest BCUT2D eigenvalue weighted by Gasteiger charge is -2.20. The van der Waals surface area contributed by atoms with Crippen molar-refractivity contribution in [3.63, 3.8) is 0 Å². The third-order valence-electron chi connectivity index (χ3n) is 3.44. The van der Waals surface area contributed by atoms with Gasteiger partial charge in [-0.15, -0.1) is 0 Å². The molecule has 1 heterocycles. The summed E-state index contributed by atoms with van der Waals surface area (Å²) >= 11 is 0. The molecule has 4 heteroatoms. The van der Waals surface area contributed by atoms with Gasteiger partial charge in [-0.1, -0.05) is 0 Å². The summed E-state index contributed by atoms with van der Waals surface area (Å²) in [6.45, 7) is 8.93. The highest BCUT2D eigenvalue weighted by molar-refractivity contribution is 5.69. The van der Waals surface area contributed by atoms with E-state index >= 15 is 0 Å². The Hall–Kier alpha value is -0.610. The maximum atomic E-state index is 10.9. The van der Waals surface area contributed by atoms with Crippen LogP contribution >= 0.6 is 0 Å². The number of carbonyl (C=O) groups is 1. The maximum absolute atomic E-state index is 10.9. The monoisotopic (exact) mass is 242 g/mol. The van der Waals surface area contributed by atoms with Gasteiger partial charge in [-0.05, 0) is 52.2 Å². The van der Waals surface area contributed by atoms with Crippen molar-refractivity contribution in [3.05, 3.63) is 0 Å². The molecule has 0 aliphatic carbocycles. The lowest BCUT2D eigenvalue weighted by atomic mass is 10.1. The highest BCUT2D eigenvalue weighted by Crippen LogP contribution is 2.17. The summed E-state index contributed by atoms with van der Waals surface area (Å²) in [4.78, 5) is 13.4. The van der Waals surface area contributed by atoms with Crippen LogP contribution in [-0.4, -0.2) is 50.2 Å². The molecular weight excluding hydrogens is 216 g/mol. The second kappa shape index (κ2) is 7.67. The Morgan fingerprint density at radius 2 is 2.29 bits per heavy atom. The molecule has 0 aromatic rings. The molecule has 0 aromatic carbocycles. The van der Waals surface area contributed by atoms with Crippen LogP contribution in [0.1, 0.15) is 33.1 Å². The fraction of sp³-hybridized carbons (Fsp3) is 0.923. The summed E-state index contributed by atoms with van der Waals surface area (Å²) in [7, 11) is 1.44. The largest absolute Gasteiger partial charge is 0.469 e. The van der Waals surface area contributed by atoms with Crippen LogP contribution in [0.15, 0.2) is 0 Å². The third-order valence-corrected chi connectivity index (χ3v) is 3.44. The first kappa shape index (κ1) is 14.5. The van der Waals surface area contributed by atoms with Crippen molar-refractivity contribution in [1.82, 2.24) is 10.2 Å². The molecule has 1 saturated heterocycles. The van der Waals surface area contributed by atoms with Crippen molar-refractivity contribution in [2.45, 2.75) is 39.2 Å². The lowest BCUT2D eigenvalue weighted by molar-refractivity contribution is -0.140. The molecule has 1 aliphatic rings. The van der Waals surface area contributed by atoms with Crippen LogP contribution in [0, 0.1) is 5.92 Å². The molecular formula is C13H26N2O2. The fourth-order valence-electron chi connectivity index (χ4n) is 2.26. The number of ether oxygens (including phenoxy) is 1. The first-order valence-electron chi connectivity index (χ1n) is 6.65. The number of rotatable bonds is 7. The van der Waals surface area contributed by atoms with Gasteiger partial charge in [0.1, 0.15) is 0 Å². The van der Waals surface area contributed by atoms with E-state index < -0.39 is 0 Å². The molecule has 0 spiro atoms. The number of methoxy groups -OCH3 is 1. The standard InChI is InChI=1S/C13H26N2O2/c1-11(2)15-8-6-12(10-15)9-14-7-4-5-13(16)17-3/h11-12,14H,4-10H2,1-3H3. The average Bonchev–Trinajstić information content (AvgIpc) is 2.77. The zero-order valence-corrected chi connectivity index (χ0v) is 11.4. The molecule has 1 rings (SSSR count). The summed E-state index contributed by atoms with van der Waals surface area (Å²) in [5.74, 6) is 0.661. The van der Waals surface area contributed by atoms with Gasteiger partial charge in [0.15, 0.2) is 0 Å². The molecule has 0 radical (unpaired) electrons. The van der Waals surface area contributed by atoms with Crippen LogP contribution in [0.2, 0.25) is 0 Å². The Morgan fingerprint density at radius 3 is 2.88 bits per heavy atom. The van der Waals surface area contributed by atoms with Gasteiger partial charge in [-0.2, -0.15) is 0 Å². The van der Waals surface area contributed by atoms with Gasteiger partial charge in [0.2, 0.25) is 0 Å². The van der Waals surface area contributed by atoms with Crippen molar-refractivity contribution in [2.24, 2.45) is 5.92 Å². The van der Waals surface area contributed by atoms with Crippen LogP contribution in [0.3, 0.4) is 0 Å². The van der Waals surface area contributed by atoms with Crippen molar-refractivity contribution in [2.75, 3.05) is 33.3 Å². The van der Waals surface area contributed by atoms with E-state index in [9.17, 15) is 4.79 Å².